The number of amides is 1. The van der Waals surface area contributed by atoms with Crippen molar-refractivity contribution in [3.63, 3.8) is 0 Å². The average molecular weight is 392 g/mol. The average Bonchev–Trinajstić information content (AvgIpc) is 2.90. The van der Waals surface area contributed by atoms with Gasteiger partial charge in [0.25, 0.3) is 0 Å². The molecule has 2 rings (SSSR count). The summed E-state index contributed by atoms with van der Waals surface area (Å²) in [5.74, 6) is -0.611. The molecule has 7 nitrogen and oxygen atoms in total. The van der Waals surface area contributed by atoms with Gasteiger partial charge in [0.2, 0.25) is 0 Å². The summed E-state index contributed by atoms with van der Waals surface area (Å²) in [5, 5.41) is 33.4. The molecule has 0 aliphatic carbocycles. The maximum absolute atomic E-state index is 14.3. The van der Waals surface area contributed by atoms with Crippen molar-refractivity contribution in [1.82, 2.24) is 15.1 Å². The molecule has 0 spiro atoms. The van der Waals surface area contributed by atoms with E-state index < -0.39 is 17.4 Å². The number of rotatable bonds is 4. The monoisotopic (exact) mass is 391 g/mol. The standard InChI is InChI=1S/C15H11BrFN5O2/c1-15(20-14(23)24,12-4-9(16)2-3-13(12)17)8-22-11(7-19)5-10(6-18)21-22/h2-5,20H,8H2,1H3,(H,23,24)/t15-/m0/s1. The van der Waals surface area contributed by atoms with Crippen LogP contribution in [0.2, 0.25) is 0 Å². The van der Waals surface area contributed by atoms with Gasteiger partial charge in [0.15, 0.2) is 5.69 Å². The molecule has 1 amide bonds. The molecule has 0 unspecified atom stereocenters. The van der Waals surface area contributed by atoms with Gasteiger partial charge in [0.1, 0.15) is 23.6 Å². The molecule has 0 fully saturated rings. The third-order valence-electron chi connectivity index (χ3n) is 3.38. The van der Waals surface area contributed by atoms with Crippen LogP contribution in [-0.2, 0) is 12.1 Å². The van der Waals surface area contributed by atoms with Crippen LogP contribution in [0.15, 0.2) is 28.7 Å². The Morgan fingerprint density at radius 1 is 1.46 bits per heavy atom. The molecule has 2 N–H and O–H groups in total. The van der Waals surface area contributed by atoms with Gasteiger partial charge in [-0.2, -0.15) is 15.6 Å². The van der Waals surface area contributed by atoms with Gasteiger partial charge in [0.05, 0.1) is 12.1 Å². The second kappa shape index (κ2) is 6.69. The Hall–Kier alpha value is -2.91. The van der Waals surface area contributed by atoms with Crippen molar-refractivity contribution in [1.29, 1.82) is 10.5 Å². The Morgan fingerprint density at radius 2 is 2.17 bits per heavy atom. The van der Waals surface area contributed by atoms with Crippen LogP contribution in [-0.4, -0.2) is 21.0 Å². The number of nitrogens with one attached hydrogen (secondary N) is 1. The number of nitriles is 2. The van der Waals surface area contributed by atoms with Gasteiger partial charge in [-0.1, -0.05) is 15.9 Å². The Morgan fingerprint density at radius 3 is 2.75 bits per heavy atom. The highest BCUT2D eigenvalue weighted by Crippen LogP contribution is 2.29. The highest BCUT2D eigenvalue weighted by molar-refractivity contribution is 9.10. The number of nitrogens with zero attached hydrogens (tertiary/aromatic N) is 4. The summed E-state index contributed by atoms with van der Waals surface area (Å²) in [4.78, 5) is 11.2. The third kappa shape index (κ3) is 3.53. The number of hydrogen-bond donors (Lipinski definition) is 2. The van der Waals surface area contributed by atoms with E-state index in [9.17, 15) is 9.18 Å². The van der Waals surface area contributed by atoms with Crippen molar-refractivity contribution in [2.24, 2.45) is 0 Å². The molecule has 24 heavy (non-hydrogen) atoms. The Bertz CT molecular complexity index is 883. The lowest BCUT2D eigenvalue weighted by molar-refractivity contribution is 0.173. The SMILES string of the molecule is C[C@@](Cn1nc(C#N)cc1C#N)(NC(=O)O)c1cc(Br)ccc1F. The topological polar surface area (TPSA) is 115 Å². The smallest absolute Gasteiger partial charge is 0.405 e. The summed E-state index contributed by atoms with van der Waals surface area (Å²) in [7, 11) is 0. The minimum atomic E-state index is -1.41. The summed E-state index contributed by atoms with van der Waals surface area (Å²) in [6.45, 7) is 1.30. The zero-order valence-electron chi connectivity index (χ0n) is 12.4. The molecule has 1 aromatic heterocycles. The lowest BCUT2D eigenvalue weighted by Crippen LogP contribution is -2.47. The van der Waals surface area contributed by atoms with Gasteiger partial charge in [0, 0.05) is 16.1 Å². The van der Waals surface area contributed by atoms with Crippen LogP contribution < -0.4 is 5.32 Å². The lowest BCUT2D eigenvalue weighted by Gasteiger charge is -2.30. The first kappa shape index (κ1) is 17.4. The molecule has 1 aromatic carbocycles. The van der Waals surface area contributed by atoms with Crippen molar-refractivity contribution in [2.45, 2.75) is 19.0 Å². The largest absolute Gasteiger partial charge is 0.465 e. The molecule has 0 aliphatic rings. The first-order valence-electron chi connectivity index (χ1n) is 6.64. The minimum absolute atomic E-state index is 0.0129. The zero-order chi connectivity index (χ0) is 17.9. The molecule has 0 saturated carbocycles. The van der Waals surface area contributed by atoms with E-state index >= 15 is 0 Å². The number of halogens is 2. The minimum Gasteiger partial charge on any atom is -0.465 e. The van der Waals surface area contributed by atoms with Gasteiger partial charge in [-0.05, 0) is 25.1 Å². The van der Waals surface area contributed by atoms with Crippen molar-refractivity contribution in [3.8, 4) is 12.1 Å². The fourth-order valence-corrected chi connectivity index (χ4v) is 2.69. The van der Waals surface area contributed by atoms with Crippen LogP contribution in [0.5, 0.6) is 0 Å². The van der Waals surface area contributed by atoms with Gasteiger partial charge in [-0.15, -0.1) is 0 Å². The van der Waals surface area contributed by atoms with E-state index in [-0.39, 0.29) is 23.5 Å². The van der Waals surface area contributed by atoms with Crippen LogP contribution in [0.1, 0.15) is 23.9 Å². The van der Waals surface area contributed by atoms with Crippen LogP contribution in [0.3, 0.4) is 0 Å². The summed E-state index contributed by atoms with van der Waals surface area (Å²) in [6, 6.07) is 9.10. The second-order valence-corrected chi connectivity index (χ2v) is 6.10. The fraction of sp³-hybridized carbons (Fsp3) is 0.200. The van der Waals surface area contributed by atoms with E-state index in [2.05, 4.69) is 26.3 Å². The first-order chi connectivity index (χ1) is 11.3. The summed E-state index contributed by atoms with van der Waals surface area (Å²) in [6.07, 6.45) is -1.36. The van der Waals surface area contributed by atoms with Gasteiger partial charge < -0.3 is 10.4 Å². The van der Waals surface area contributed by atoms with Crippen LogP contribution in [0.25, 0.3) is 0 Å². The third-order valence-corrected chi connectivity index (χ3v) is 3.87. The van der Waals surface area contributed by atoms with Crippen molar-refractivity contribution in [3.05, 3.63) is 51.5 Å². The number of carbonyl (C=O) groups is 1. The van der Waals surface area contributed by atoms with Crippen molar-refractivity contribution in [2.75, 3.05) is 0 Å². The Kier molecular flexibility index (Phi) is 4.86. The Balaban J connectivity index is 2.55. The maximum Gasteiger partial charge on any atom is 0.405 e. The molecular formula is C15H11BrFN5O2. The van der Waals surface area contributed by atoms with Gasteiger partial charge >= 0.3 is 6.09 Å². The van der Waals surface area contributed by atoms with E-state index in [0.29, 0.717) is 4.47 Å². The molecule has 0 radical (unpaired) electrons. The number of hydrogen-bond acceptors (Lipinski definition) is 4. The van der Waals surface area contributed by atoms with E-state index in [4.69, 9.17) is 15.6 Å². The molecule has 0 aliphatic heterocycles. The lowest BCUT2D eigenvalue weighted by atomic mass is 9.91. The predicted octanol–water partition coefficient (Wildman–Crippen LogP) is 2.71. The van der Waals surface area contributed by atoms with E-state index in [1.54, 1.807) is 0 Å². The number of benzene rings is 1. The second-order valence-electron chi connectivity index (χ2n) is 5.18. The maximum atomic E-state index is 14.3. The highest BCUT2D eigenvalue weighted by atomic mass is 79.9. The number of carboxylic acid groups (broad SMARTS) is 1. The molecule has 0 saturated heterocycles. The fourth-order valence-electron chi connectivity index (χ4n) is 2.33. The van der Waals surface area contributed by atoms with Crippen LogP contribution >= 0.6 is 15.9 Å². The summed E-state index contributed by atoms with van der Waals surface area (Å²) >= 11 is 3.22. The number of aromatic nitrogens is 2. The van der Waals surface area contributed by atoms with Crippen molar-refractivity contribution < 1.29 is 14.3 Å². The van der Waals surface area contributed by atoms with Crippen molar-refractivity contribution >= 4 is 22.0 Å². The quantitative estimate of drug-likeness (QED) is 0.830. The molecule has 9 heteroatoms. The molecule has 122 valence electrons. The Labute approximate surface area is 145 Å². The molecular weight excluding hydrogens is 381 g/mol. The summed E-state index contributed by atoms with van der Waals surface area (Å²) < 4.78 is 16.0. The zero-order valence-corrected chi connectivity index (χ0v) is 14.0. The van der Waals surface area contributed by atoms with Crippen LogP contribution in [0.4, 0.5) is 9.18 Å². The highest BCUT2D eigenvalue weighted by Gasteiger charge is 2.33. The van der Waals surface area contributed by atoms with Crippen LogP contribution in [0, 0.1) is 28.5 Å². The van der Waals surface area contributed by atoms with E-state index in [1.165, 1.54) is 35.9 Å². The summed E-state index contributed by atoms with van der Waals surface area (Å²) in [5.41, 5.74) is -1.25. The normalized spacial score (nSPS) is 12.7. The van der Waals surface area contributed by atoms with Gasteiger partial charge in [-0.3, -0.25) is 4.68 Å². The first-order valence-corrected chi connectivity index (χ1v) is 7.43. The van der Waals surface area contributed by atoms with E-state index in [0.717, 1.165) is 0 Å². The van der Waals surface area contributed by atoms with Gasteiger partial charge in [-0.25, -0.2) is 9.18 Å². The predicted molar refractivity (Wildman–Crippen MR) is 84.3 cm³/mol. The van der Waals surface area contributed by atoms with E-state index in [1.807, 2.05) is 12.1 Å². The molecule has 0 bridgehead atoms. The molecule has 1 heterocycles. The molecule has 1 atom stereocenters. The molecule has 2 aromatic rings.